The minimum atomic E-state index is -3.75. The highest BCUT2D eigenvalue weighted by molar-refractivity contribution is 7.89. The van der Waals surface area contributed by atoms with E-state index in [-0.39, 0.29) is 11.4 Å². The summed E-state index contributed by atoms with van der Waals surface area (Å²) in [5, 5.41) is 0.876. The largest absolute Gasteiger partial charge is 0.497 e. The Balaban J connectivity index is 1.63. The van der Waals surface area contributed by atoms with Crippen LogP contribution >= 0.6 is 11.3 Å². The molecule has 2 heterocycles. The molecule has 0 spiro atoms. The molecule has 0 saturated heterocycles. The van der Waals surface area contributed by atoms with Gasteiger partial charge in [0.15, 0.2) is 0 Å². The molecule has 9 heteroatoms. The van der Waals surface area contributed by atoms with Crippen LogP contribution in [-0.2, 0) is 23.0 Å². The lowest BCUT2D eigenvalue weighted by Crippen LogP contribution is -2.35. The molecule has 0 amide bonds. The highest BCUT2D eigenvalue weighted by Gasteiger charge is 2.33. The van der Waals surface area contributed by atoms with Gasteiger partial charge in [0.05, 0.1) is 33.6 Å². The van der Waals surface area contributed by atoms with E-state index in [2.05, 4.69) is 0 Å². The number of hydrogen-bond acceptors (Lipinski definition) is 7. The molecule has 30 heavy (non-hydrogen) atoms. The molecule has 4 rings (SSSR count). The predicted molar refractivity (Wildman–Crippen MR) is 115 cm³/mol. The van der Waals surface area contributed by atoms with Crippen molar-refractivity contribution in [1.82, 2.24) is 9.29 Å². The second kappa shape index (κ2) is 8.25. The van der Waals surface area contributed by atoms with Gasteiger partial charge < -0.3 is 14.2 Å². The lowest BCUT2D eigenvalue weighted by atomic mass is 10.2. The van der Waals surface area contributed by atoms with Gasteiger partial charge in [0, 0.05) is 29.5 Å². The van der Waals surface area contributed by atoms with Crippen LogP contribution in [0, 0.1) is 0 Å². The van der Waals surface area contributed by atoms with E-state index in [4.69, 9.17) is 19.2 Å². The van der Waals surface area contributed by atoms with E-state index in [0.717, 1.165) is 26.9 Å². The van der Waals surface area contributed by atoms with Gasteiger partial charge in [-0.25, -0.2) is 13.4 Å². The predicted octanol–water partition coefficient (Wildman–Crippen LogP) is 3.58. The maximum absolute atomic E-state index is 13.4. The third-order valence-corrected chi connectivity index (χ3v) is 8.02. The van der Waals surface area contributed by atoms with Gasteiger partial charge in [0.2, 0.25) is 10.0 Å². The number of thiazole rings is 1. The van der Waals surface area contributed by atoms with E-state index in [9.17, 15) is 8.42 Å². The first-order valence-electron chi connectivity index (χ1n) is 9.31. The van der Waals surface area contributed by atoms with Gasteiger partial charge in [-0.15, -0.1) is 11.3 Å². The number of sulfonamides is 1. The summed E-state index contributed by atoms with van der Waals surface area (Å²) in [6, 6.07) is 12.5. The molecule has 2 aromatic carbocycles. The highest BCUT2D eigenvalue weighted by Crippen LogP contribution is 2.36. The van der Waals surface area contributed by atoms with Crippen molar-refractivity contribution in [2.75, 3.05) is 27.9 Å². The molecule has 0 radical (unpaired) electrons. The smallest absolute Gasteiger partial charge is 0.247 e. The number of nitrogens with zero attached hydrogens (tertiary/aromatic N) is 2. The van der Waals surface area contributed by atoms with Gasteiger partial charge in [-0.05, 0) is 36.4 Å². The van der Waals surface area contributed by atoms with Crippen LogP contribution < -0.4 is 14.2 Å². The van der Waals surface area contributed by atoms with Crippen LogP contribution in [0.2, 0.25) is 0 Å². The van der Waals surface area contributed by atoms with Crippen LogP contribution in [0.15, 0.2) is 47.4 Å². The zero-order chi connectivity index (χ0) is 21.3. The molecule has 1 aromatic heterocycles. The number of methoxy groups -OCH3 is 3. The molecule has 3 aromatic rings. The second-order valence-electron chi connectivity index (χ2n) is 6.72. The van der Waals surface area contributed by atoms with E-state index in [1.54, 1.807) is 19.2 Å². The zero-order valence-electron chi connectivity index (χ0n) is 16.9. The first-order chi connectivity index (χ1) is 14.5. The quantitative estimate of drug-likeness (QED) is 0.576. The molecule has 0 aliphatic carbocycles. The summed E-state index contributed by atoms with van der Waals surface area (Å²) in [5.41, 5.74) is 1.94. The summed E-state index contributed by atoms with van der Waals surface area (Å²) >= 11 is 1.52. The number of fused-ring (bicyclic) bond motifs is 1. The standard InChI is InChI=1S/C21H22N2O5S2/c1-26-15-6-4-14(5-7-15)21-22-17-10-11-23(13-19(17)29-21)30(24,25)20-12-16(27-2)8-9-18(20)28-3/h4-9,12H,10-11,13H2,1-3H3. The first-order valence-corrected chi connectivity index (χ1v) is 11.6. The van der Waals surface area contributed by atoms with Gasteiger partial charge in [-0.3, -0.25) is 0 Å². The Morgan fingerprint density at radius 2 is 1.67 bits per heavy atom. The Labute approximate surface area is 179 Å². The van der Waals surface area contributed by atoms with Gasteiger partial charge in [0.25, 0.3) is 0 Å². The Morgan fingerprint density at radius 1 is 0.967 bits per heavy atom. The van der Waals surface area contributed by atoms with Crippen molar-refractivity contribution in [2.24, 2.45) is 0 Å². The van der Waals surface area contributed by atoms with Gasteiger partial charge in [-0.1, -0.05) is 0 Å². The maximum atomic E-state index is 13.4. The molecule has 1 aliphatic rings. The summed E-state index contributed by atoms with van der Waals surface area (Å²) in [6.45, 7) is 0.646. The van der Waals surface area contributed by atoms with Gasteiger partial charge >= 0.3 is 0 Å². The zero-order valence-corrected chi connectivity index (χ0v) is 18.5. The Bertz CT molecular complexity index is 1160. The van der Waals surface area contributed by atoms with Crippen LogP contribution in [0.3, 0.4) is 0 Å². The maximum Gasteiger partial charge on any atom is 0.247 e. The molecule has 0 bridgehead atoms. The lowest BCUT2D eigenvalue weighted by molar-refractivity contribution is 0.374. The third kappa shape index (κ3) is 3.76. The summed E-state index contributed by atoms with van der Waals surface area (Å²) in [5.74, 6) is 1.54. The van der Waals surface area contributed by atoms with Crippen molar-refractivity contribution in [3.8, 4) is 27.8 Å². The molecular formula is C21H22N2O5S2. The van der Waals surface area contributed by atoms with Crippen molar-refractivity contribution in [3.05, 3.63) is 53.0 Å². The van der Waals surface area contributed by atoms with Crippen LogP contribution in [0.1, 0.15) is 10.6 Å². The summed E-state index contributed by atoms with van der Waals surface area (Å²) in [4.78, 5) is 5.80. The first kappa shape index (κ1) is 20.6. The van der Waals surface area contributed by atoms with E-state index in [1.165, 1.54) is 35.9 Å². The number of benzene rings is 2. The second-order valence-corrected chi connectivity index (χ2v) is 9.71. The molecule has 1 aliphatic heterocycles. The van der Waals surface area contributed by atoms with Crippen molar-refractivity contribution < 1.29 is 22.6 Å². The van der Waals surface area contributed by atoms with Crippen molar-refractivity contribution in [2.45, 2.75) is 17.9 Å². The molecule has 0 atom stereocenters. The Morgan fingerprint density at radius 3 is 2.33 bits per heavy atom. The Kier molecular flexibility index (Phi) is 5.68. The number of rotatable bonds is 6. The summed E-state index contributed by atoms with van der Waals surface area (Å²) in [6.07, 6.45) is 0.563. The van der Waals surface area contributed by atoms with Gasteiger partial charge in [-0.2, -0.15) is 4.31 Å². The van der Waals surface area contributed by atoms with Crippen LogP contribution in [-0.4, -0.2) is 45.6 Å². The lowest BCUT2D eigenvalue weighted by Gasteiger charge is -2.26. The van der Waals surface area contributed by atoms with Crippen molar-refractivity contribution >= 4 is 21.4 Å². The van der Waals surface area contributed by atoms with E-state index < -0.39 is 10.0 Å². The number of hydrogen-bond donors (Lipinski definition) is 0. The molecule has 0 fully saturated rings. The monoisotopic (exact) mass is 446 g/mol. The van der Waals surface area contributed by atoms with E-state index in [1.807, 2.05) is 24.3 Å². The molecule has 158 valence electrons. The van der Waals surface area contributed by atoms with Gasteiger partial charge in [0.1, 0.15) is 27.2 Å². The minimum Gasteiger partial charge on any atom is -0.497 e. The highest BCUT2D eigenvalue weighted by atomic mass is 32.2. The SMILES string of the molecule is COc1ccc(-c2nc3c(s2)CN(S(=O)(=O)c2cc(OC)ccc2OC)CC3)cc1. The summed E-state index contributed by atoms with van der Waals surface area (Å²) in [7, 11) is 0.836. The summed E-state index contributed by atoms with van der Waals surface area (Å²) < 4.78 is 43.9. The average molecular weight is 447 g/mol. The third-order valence-electron chi connectivity index (χ3n) is 5.02. The molecule has 7 nitrogen and oxygen atoms in total. The molecule has 0 unspecified atom stereocenters. The van der Waals surface area contributed by atoms with Crippen LogP contribution in [0.4, 0.5) is 0 Å². The normalized spacial score (nSPS) is 14.2. The fraction of sp³-hybridized carbons (Fsp3) is 0.286. The Hall–Kier alpha value is -2.62. The van der Waals surface area contributed by atoms with Crippen molar-refractivity contribution in [1.29, 1.82) is 0 Å². The van der Waals surface area contributed by atoms with E-state index in [0.29, 0.717) is 24.5 Å². The van der Waals surface area contributed by atoms with E-state index >= 15 is 0 Å². The fourth-order valence-corrected chi connectivity index (χ4v) is 6.15. The average Bonchev–Trinajstić information content (AvgIpc) is 3.22. The fourth-order valence-electron chi connectivity index (χ4n) is 3.36. The van der Waals surface area contributed by atoms with Crippen molar-refractivity contribution in [3.63, 3.8) is 0 Å². The number of aromatic nitrogens is 1. The molecule has 0 N–H and O–H groups in total. The number of ether oxygens (including phenoxy) is 3. The van der Waals surface area contributed by atoms with Crippen LogP contribution in [0.25, 0.3) is 10.6 Å². The topological polar surface area (TPSA) is 78.0 Å². The van der Waals surface area contributed by atoms with Crippen LogP contribution in [0.5, 0.6) is 17.2 Å². The molecule has 0 saturated carbocycles. The molecular weight excluding hydrogens is 424 g/mol. The minimum absolute atomic E-state index is 0.104.